The molecule has 1 saturated heterocycles. The topological polar surface area (TPSA) is 46.3 Å². The van der Waals surface area contributed by atoms with Crippen LogP contribution in [0.3, 0.4) is 0 Å². The average molecular weight is 268 g/mol. The summed E-state index contributed by atoms with van der Waals surface area (Å²) in [4.78, 5) is 13.6. The molecule has 0 radical (unpaired) electrons. The van der Waals surface area contributed by atoms with Crippen LogP contribution in [0.5, 0.6) is 0 Å². The first-order valence-corrected chi connectivity index (χ1v) is 6.43. The van der Waals surface area contributed by atoms with Crippen LogP contribution in [0, 0.1) is 5.82 Å². The van der Waals surface area contributed by atoms with Crippen molar-refractivity contribution >= 4 is 5.91 Å². The summed E-state index contributed by atoms with van der Waals surface area (Å²) >= 11 is 0. The molecule has 1 amide bonds. The average Bonchev–Trinajstić information content (AvgIpc) is 2.83. The van der Waals surface area contributed by atoms with E-state index in [-0.39, 0.29) is 24.2 Å². The molecule has 2 N–H and O–H groups in total. The van der Waals surface area contributed by atoms with Gasteiger partial charge in [-0.3, -0.25) is 4.79 Å². The van der Waals surface area contributed by atoms with Gasteiger partial charge < -0.3 is 10.6 Å². The van der Waals surface area contributed by atoms with Gasteiger partial charge in [-0.25, -0.2) is 8.78 Å². The van der Waals surface area contributed by atoms with Crippen LogP contribution in [0.25, 0.3) is 0 Å². The van der Waals surface area contributed by atoms with Crippen LogP contribution in [0.2, 0.25) is 0 Å². The summed E-state index contributed by atoms with van der Waals surface area (Å²) < 4.78 is 26.2. The number of amides is 1. The molecule has 0 aliphatic carbocycles. The number of likely N-dealkylation sites (tertiary alicyclic amines) is 1. The molecule has 0 spiro atoms. The fraction of sp³-hybridized carbons (Fsp3) is 0.500. The smallest absolute Gasteiger partial charge is 0.240 e. The van der Waals surface area contributed by atoms with Crippen molar-refractivity contribution in [1.29, 1.82) is 0 Å². The second-order valence-electron chi connectivity index (χ2n) is 5.04. The van der Waals surface area contributed by atoms with Crippen LogP contribution in [0.1, 0.15) is 24.8 Å². The van der Waals surface area contributed by atoms with Gasteiger partial charge in [0.1, 0.15) is 12.0 Å². The zero-order valence-corrected chi connectivity index (χ0v) is 10.9. The van der Waals surface area contributed by atoms with Gasteiger partial charge in [-0.05, 0) is 24.1 Å². The number of alkyl halides is 1. The monoisotopic (exact) mass is 268 g/mol. The predicted octanol–water partition coefficient (Wildman–Crippen LogP) is 1.83. The fourth-order valence-corrected chi connectivity index (χ4v) is 2.34. The van der Waals surface area contributed by atoms with Gasteiger partial charge in [0.05, 0.1) is 12.6 Å². The molecule has 19 heavy (non-hydrogen) atoms. The van der Waals surface area contributed by atoms with Crippen LogP contribution in [-0.4, -0.2) is 36.1 Å². The lowest BCUT2D eigenvalue weighted by molar-refractivity contribution is -0.132. The number of rotatable bonds is 3. The standard InChI is InChI=1S/C14H18F2N2O/c1-9(10-3-2-4-11(15)7-10)13(17)14(19)18-6-5-12(16)8-18/h2-4,7,9,12-13H,5-6,8,17H2,1H3/t9-,12-,13-/m0/s1. The molecule has 0 saturated carbocycles. The van der Waals surface area contributed by atoms with Gasteiger partial charge in [-0.15, -0.1) is 0 Å². The molecule has 1 aromatic carbocycles. The third-order valence-electron chi connectivity index (χ3n) is 3.64. The van der Waals surface area contributed by atoms with E-state index >= 15 is 0 Å². The summed E-state index contributed by atoms with van der Waals surface area (Å²) in [5.41, 5.74) is 6.61. The van der Waals surface area contributed by atoms with Crippen LogP contribution in [0.4, 0.5) is 8.78 Å². The molecule has 2 rings (SSSR count). The SMILES string of the molecule is C[C@@H](c1cccc(F)c1)[C@H](N)C(=O)N1CC[C@H](F)C1. The molecule has 1 aliphatic rings. The van der Waals surface area contributed by atoms with E-state index < -0.39 is 12.2 Å². The molecular weight excluding hydrogens is 250 g/mol. The van der Waals surface area contributed by atoms with Gasteiger partial charge >= 0.3 is 0 Å². The van der Waals surface area contributed by atoms with Crippen LogP contribution in [-0.2, 0) is 4.79 Å². The van der Waals surface area contributed by atoms with Gasteiger partial charge in [0, 0.05) is 12.5 Å². The molecule has 1 fully saturated rings. The maximum absolute atomic E-state index is 13.2. The van der Waals surface area contributed by atoms with Crippen LogP contribution >= 0.6 is 0 Å². The summed E-state index contributed by atoms with van der Waals surface area (Å²) in [5, 5.41) is 0. The predicted molar refractivity (Wildman–Crippen MR) is 68.9 cm³/mol. The highest BCUT2D eigenvalue weighted by molar-refractivity contribution is 5.83. The van der Waals surface area contributed by atoms with Crippen LogP contribution in [0.15, 0.2) is 24.3 Å². The zero-order chi connectivity index (χ0) is 14.0. The van der Waals surface area contributed by atoms with E-state index in [4.69, 9.17) is 5.73 Å². The highest BCUT2D eigenvalue weighted by Gasteiger charge is 2.32. The second kappa shape index (κ2) is 5.65. The fourth-order valence-electron chi connectivity index (χ4n) is 2.34. The molecule has 104 valence electrons. The Hall–Kier alpha value is -1.49. The highest BCUT2D eigenvalue weighted by atomic mass is 19.1. The van der Waals surface area contributed by atoms with E-state index in [1.165, 1.54) is 17.0 Å². The Balaban J connectivity index is 2.06. The molecule has 0 aromatic heterocycles. The molecule has 3 atom stereocenters. The van der Waals surface area contributed by atoms with E-state index in [1.807, 2.05) is 0 Å². The minimum absolute atomic E-state index is 0.113. The summed E-state index contributed by atoms with van der Waals surface area (Å²) in [6.45, 7) is 2.30. The lowest BCUT2D eigenvalue weighted by atomic mass is 9.93. The van der Waals surface area contributed by atoms with Gasteiger partial charge in [0.2, 0.25) is 5.91 Å². The molecular formula is C14H18F2N2O. The van der Waals surface area contributed by atoms with E-state index in [9.17, 15) is 13.6 Å². The Kier molecular flexibility index (Phi) is 4.14. The van der Waals surface area contributed by atoms with Crippen molar-refractivity contribution in [1.82, 2.24) is 4.90 Å². The minimum Gasteiger partial charge on any atom is -0.338 e. The number of halogens is 2. The van der Waals surface area contributed by atoms with Gasteiger partial charge in [0.15, 0.2) is 0 Å². The third kappa shape index (κ3) is 3.10. The number of hydrogen-bond acceptors (Lipinski definition) is 2. The summed E-state index contributed by atoms with van der Waals surface area (Å²) in [5.74, 6) is -0.923. The molecule has 1 heterocycles. The Morgan fingerprint density at radius 2 is 2.26 bits per heavy atom. The summed E-state index contributed by atoms with van der Waals surface area (Å²) in [7, 11) is 0. The van der Waals surface area contributed by atoms with Gasteiger partial charge in [-0.1, -0.05) is 19.1 Å². The van der Waals surface area contributed by atoms with E-state index in [0.29, 0.717) is 18.5 Å². The first-order valence-electron chi connectivity index (χ1n) is 6.43. The quantitative estimate of drug-likeness (QED) is 0.909. The lowest BCUT2D eigenvalue weighted by Gasteiger charge is -2.24. The van der Waals surface area contributed by atoms with Crippen molar-refractivity contribution in [2.45, 2.75) is 31.5 Å². The number of carbonyl (C=O) groups excluding carboxylic acids is 1. The number of nitrogens with two attached hydrogens (primary N) is 1. The van der Waals surface area contributed by atoms with E-state index in [0.717, 1.165) is 0 Å². The van der Waals surface area contributed by atoms with E-state index in [1.54, 1.807) is 19.1 Å². The molecule has 3 nitrogen and oxygen atoms in total. The second-order valence-corrected chi connectivity index (χ2v) is 5.04. The Bertz CT molecular complexity index is 467. The molecule has 5 heteroatoms. The number of hydrogen-bond donors (Lipinski definition) is 1. The Morgan fingerprint density at radius 3 is 2.84 bits per heavy atom. The van der Waals surface area contributed by atoms with Crippen molar-refractivity contribution < 1.29 is 13.6 Å². The maximum atomic E-state index is 13.2. The summed E-state index contributed by atoms with van der Waals surface area (Å²) in [6, 6.07) is 5.28. The summed E-state index contributed by atoms with van der Waals surface area (Å²) in [6.07, 6.45) is -0.590. The highest BCUT2D eigenvalue weighted by Crippen LogP contribution is 2.22. The molecule has 0 bridgehead atoms. The number of benzene rings is 1. The van der Waals surface area contributed by atoms with Crippen molar-refractivity contribution in [3.63, 3.8) is 0 Å². The van der Waals surface area contributed by atoms with Crippen LogP contribution < -0.4 is 5.73 Å². The van der Waals surface area contributed by atoms with Crippen molar-refractivity contribution in [3.8, 4) is 0 Å². The number of carbonyl (C=O) groups is 1. The van der Waals surface area contributed by atoms with Gasteiger partial charge in [-0.2, -0.15) is 0 Å². The van der Waals surface area contributed by atoms with E-state index in [2.05, 4.69) is 0 Å². The van der Waals surface area contributed by atoms with Crippen molar-refractivity contribution in [2.75, 3.05) is 13.1 Å². The zero-order valence-electron chi connectivity index (χ0n) is 10.9. The Labute approximate surface area is 111 Å². The first-order chi connectivity index (χ1) is 8.99. The molecule has 1 aliphatic heterocycles. The van der Waals surface area contributed by atoms with Crippen molar-refractivity contribution in [2.24, 2.45) is 5.73 Å². The normalized spacial score (nSPS) is 22.3. The minimum atomic E-state index is -0.958. The Morgan fingerprint density at radius 1 is 1.53 bits per heavy atom. The molecule has 0 unspecified atom stereocenters. The maximum Gasteiger partial charge on any atom is 0.240 e. The van der Waals surface area contributed by atoms with Crippen molar-refractivity contribution in [3.05, 3.63) is 35.6 Å². The third-order valence-corrected chi connectivity index (χ3v) is 3.64. The van der Waals surface area contributed by atoms with Gasteiger partial charge in [0.25, 0.3) is 0 Å². The first kappa shape index (κ1) is 13.9. The largest absolute Gasteiger partial charge is 0.338 e. The number of nitrogens with zero attached hydrogens (tertiary/aromatic N) is 1. The molecule has 1 aromatic rings. The lowest BCUT2D eigenvalue weighted by Crippen LogP contribution is -2.45.